The van der Waals surface area contributed by atoms with Gasteiger partial charge < -0.3 is 0 Å². The number of rotatable bonds is 1. The smallest absolute Gasteiger partial charge is 0.290 e. The van der Waals surface area contributed by atoms with Gasteiger partial charge in [0.15, 0.2) is 5.65 Å². The number of H-pyrrole nitrogens is 1. The number of fused-ring (bicyclic) bond motifs is 2. The van der Waals surface area contributed by atoms with Crippen molar-refractivity contribution in [2.45, 2.75) is 0 Å². The number of aromatic amines is 1. The van der Waals surface area contributed by atoms with Crippen molar-refractivity contribution in [2.24, 2.45) is 0 Å². The fourth-order valence-electron chi connectivity index (χ4n) is 2.08. The average molecular weight is 263 g/mol. The van der Waals surface area contributed by atoms with Gasteiger partial charge in [-0.1, -0.05) is 0 Å². The summed E-state index contributed by atoms with van der Waals surface area (Å²) >= 11 is 0. The first-order chi connectivity index (χ1) is 9.81. The third kappa shape index (κ3) is 1.57. The van der Waals surface area contributed by atoms with E-state index < -0.39 is 5.69 Å². The summed E-state index contributed by atoms with van der Waals surface area (Å²) in [6.07, 6.45) is 7.83. The molecule has 0 aromatic carbocycles. The van der Waals surface area contributed by atoms with Crippen LogP contribution in [0.5, 0.6) is 0 Å². The van der Waals surface area contributed by atoms with Crippen molar-refractivity contribution in [1.29, 1.82) is 0 Å². The quantitative estimate of drug-likeness (QED) is 0.549. The Morgan fingerprint density at radius 1 is 1.20 bits per heavy atom. The van der Waals surface area contributed by atoms with Crippen molar-refractivity contribution in [2.75, 3.05) is 0 Å². The first-order valence-electron chi connectivity index (χ1n) is 5.89. The molecular formula is C13H7N6O. The molecule has 7 heteroatoms. The summed E-state index contributed by atoms with van der Waals surface area (Å²) in [5.41, 5.74) is 2.27. The van der Waals surface area contributed by atoms with E-state index in [1.165, 1.54) is 0 Å². The Labute approximate surface area is 112 Å². The van der Waals surface area contributed by atoms with E-state index in [4.69, 9.17) is 0 Å². The number of aromatic nitrogens is 6. The van der Waals surface area contributed by atoms with Gasteiger partial charge in [0, 0.05) is 24.0 Å². The highest BCUT2D eigenvalue weighted by molar-refractivity contribution is 5.90. The van der Waals surface area contributed by atoms with Crippen LogP contribution in [0.2, 0.25) is 0 Å². The van der Waals surface area contributed by atoms with Crippen LogP contribution in [0.1, 0.15) is 0 Å². The predicted octanol–water partition coefficient (Wildman–Crippen LogP) is 0.828. The molecule has 0 aliphatic heterocycles. The molecule has 20 heavy (non-hydrogen) atoms. The minimum atomic E-state index is -0.471. The van der Waals surface area contributed by atoms with Gasteiger partial charge in [-0.3, -0.25) is 4.98 Å². The van der Waals surface area contributed by atoms with Crippen LogP contribution in [0.25, 0.3) is 27.9 Å². The zero-order valence-electron chi connectivity index (χ0n) is 10.1. The van der Waals surface area contributed by atoms with Gasteiger partial charge in [0.25, 0.3) is 0 Å². The van der Waals surface area contributed by atoms with Gasteiger partial charge in [0.2, 0.25) is 0 Å². The van der Waals surface area contributed by atoms with E-state index in [0.29, 0.717) is 11.0 Å². The van der Waals surface area contributed by atoms with Gasteiger partial charge in [-0.15, -0.1) is 0 Å². The average Bonchev–Trinajstić information content (AvgIpc) is 2.93. The normalized spacial score (nSPS) is 11.2. The van der Waals surface area contributed by atoms with Crippen LogP contribution in [-0.2, 0) is 0 Å². The molecule has 95 valence electrons. The molecule has 1 N–H and O–H groups in total. The molecule has 0 bridgehead atoms. The summed E-state index contributed by atoms with van der Waals surface area (Å²) < 4.78 is 1.68. The molecule has 4 rings (SSSR count). The number of nitrogens with one attached hydrogen (secondary N) is 1. The lowest BCUT2D eigenvalue weighted by Crippen LogP contribution is -2.10. The molecule has 7 nitrogen and oxygen atoms in total. The van der Waals surface area contributed by atoms with Crippen LogP contribution < -0.4 is 5.69 Å². The molecule has 4 heterocycles. The second kappa shape index (κ2) is 3.95. The van der Waals surface area contributed by atoms with Crippen molar-refractivity contribution in [3.05, 3.63) is 53.5 Å². The van der Waals surface area contributed by atoms with Crippen LogP contribution in [0.15, 0.2) is 41.6 Å². The van der Waals surface area contributed by atoms with E-state index in [0.717, 1.165) is 16.9 Å². The standard InChI is InChI=1S/C13H7N6O/c20-13-15-7-9-8(1-4-14-12(9)18-13)10-3-6-19-11(17-10)2-5-16-19/h1-6H,(H,14,15,18,20). The first kappa shape index (κ1) is 10.8. The molecule has 0 aliphatic carbocycles. The summed E-state index contributed by atoms with van der Waals surface area (Å²) in [7, 11) is 0. The summed E-state index contributed by atoms with van der Waals surface area (Å²) in [5.74, 6) is 0. The Balaban J connectivity index is 2.03. The van der Waals surface area contributed by atoms with E-state index >= 15 is 0 Å². The Morgan fingerprint density at radius 2 is 2.15 bits per heavy atom. The lowest BCUT2D eigenvalue weighted by Gasteiger charge is -2.04. The molecule has 0 unspecified atom stereocenters. The molecule has 0 saturated carbocycles. The van der Waals surface area contributed by atoms with Gasteiger partial charge in [-0.05, 0) is 12.1 Å². The second-order valence-corrected chi connectivity index (χ2v) is 4.18. The Bertz CT molecular complexity index is 987. The predicted molar refractivity (Wildman–Crippen MR) is 71.0 cm³/mol. The molecule has 4 aromatic rings. The van der Waals surface area contributed by atoms with Crippen molar-refractivity contribution in [1.82, 2.24) is 29.5 Å². The maximum absolute atomic E-state index is 11.2. The minimum absolute atomic E-state index is 0.442. The van der Waals surface area contributed by atoms with Gasteiger partial charge in [-0.2, -0.15) is 10.1 Å². The fraction of sp³-hybridized carbons (Fsp3) is 0. The number of hydrogen-bond donors (Lipinski definition) is 1. The first-order valence-corrected chi connectivity index (χ1v) is 5.89. The Hall–Kier alpha value is -3.09. The van der Waals surface area contributed by atoms with Gasteiger partial charge in [-0.25, -0.2) is 19.3 Å². The van der Waals surface area contributed by atoms with E-state index in [9.17, 15) is 4.79 Å². The molecule has 0 fully saturated rings. The minimum Gasteiger partial charge on any atom is -0.290 e. The van der Waals surface area contributed by atoms with Crippen molar-refractivity contribution in [3.8, 4) is 11.3 Å². The van der Waals surface area contributed by atoms with Crippen LogP contribution in [0, 0.1) is 6.20 Å². The molecular weight excluding hydrogens is 256 g/mol. The highest BCUT2D eigenvalue weighted by Gasteiger charge is 2.08. The van der Waals surface area contributed by atoms with Gasteiger partial charge >= 0.3 is 5.69 Å². The lowest BCUT2D eigenvalue weighted by atomic mass is 10.1. The van der Waals surface area contributed by atoms with Crippen molar-refractivity contribution >= 4 is 16.7 Å². The lowest BCUT2D eigenvalue weighted by molar-refractivity contribution is 0.941. The largest absolute Gasteiger partial charge is 0.347 e. The molecule has 1 radical (unpaired) electrons. The van der Waals surface area contributed by atoms with E-state index in [1.807, 2.05) is 24.4 Å². The van der Waals surface area contributed by atoms with Crippen LogP contribution >= 0.6 is 0 Å². The molecule has 0 atom stereocenters. The van der Waals surface area contributed by atoms with Gasteiger partial charge in [0.05, 0.1) is 17.3 Å². The van der Waals surface area contributed by atoms with Crippen LogP contribution in [-0.4, -0.2) is 29.5 Å². The summed E-state index contributed by atoms with van der Waals surface area (Å²) in [5, 5.41) is 4.73. The molecule has 0 aliphatic rings. The number of nitrogens with zero attached hydrogens (tertiary/aromatic N) is 5. The third-order valence-corrected chi connectivity index (χ3v) is 2.98. The van der Waals surface area contributed by atoms with Gasteiger partial charge in [0.1, 0.15) is 11.8 Å². The highest BCUT2D eigenvalue weighted by atomic mass is 16.1. The van der Waals surface area contributed by atoms with Crippen LogP contribution in [0.4, 0.5) is 0 Å². The maximum atomic E-state index is 11.2. The third-order valence-electron chi connectivity index (χ3n) is 2.98. The Kier molecular flexibility index (Phi) is 2.13. The number of hydrogen-bond acceptors (Lipinski definition) is 5. The molecule has 0 spiro atoms. The summed E-state index contributed by atoms with van der Waals surface area (Å²) in [6.45, 7) is 0. The van der Waals surface area contributed by atoms with Crippen LogP contribution in [0.3, 0.4) is 0 Å². The number of pyridine rings is 1. The van der Waals surface area contributed by atoms with E-state index in [1.54, 1.807) is 16.9 Å². The van der Waals surface area contributed by atoms with Crippen molar-refractivity contribution < 1.29 is 0 Å². The van der Waals surface area contributed by atoms with E-state index in [2.05, 4.69) is 31.2 Å². The monoisotopic (exact) mass is 263 g/mol. The van der Waals surface area contributed by atoms with E-state index in [-0.39, 0.29) is 0 Å². The second-order valence-electron chi connectivity index (χ2n) is 4.18. The highest BCUT2D eigenvalue weighted by Crippen LogP contribution is 2.23. The molecule has 0 saturated heterocycles. The topological polar surface area (TPSA) is 88.8 Å². The SMILES string of the molecule is O=c1n[c]c2c(-c3ccn4nccc4n3)ccnc2[nH]1. The maximum Gasteiger partial charge on any atom is 0.347 e. The molecule has 0 amide bonds. The zero-order valence-corrected chi connectivity index (χ0v) is 10.1. The molecule has 4 aromatic heterocycles. The zero-order chi connectivity index (χ0) is 13.5. The summed E-state index contributed by atoms with van der Waals surface area (Å²) in [4.78, 5) is 26.0. The van der Waals surface area contributed by atoms with Crippen molar-refractivity contribution in [3.63, 3.8) is 0 Å². The summed E-state index contributed by atoms with van der Waals surface area (Å²) in [6, 6.07) is 5.47. The Morgan fingerprint density at radius 3 is 3.10 bits per heavy atom. The fourth-order valence-corrected chi connectivity index (χ4v) is 2.08.